The summed E-state index contributed by atoms with van der Waals surface area (Å²) in [4.78, 5) is 10.7. The summed E-state index contributed by atoms with van der Waals surface area (Å²) in [6.45, 7) is 2.01. The highest BCUT2D eigenvalue weighted by Crippen LogP contribution is 2.26. The van der Waals surface area contributed by atoms with Crippen molar-refractivity contribution in [3.8, 4) is 16.9 Å². The van der Waals surface area contributed by atoms with Crippen molar-refractivity contribution in [2.45, 2.75) is 6.92 Å². The van der Waals surface area contributed by atoms with Gasteiger partial charge in [-0.2, -0.15) is 0 Å². The number of hydrogen-bond acceptors (Lipinski definition) is 2. The van der Waals surface area contributed by atoms with Gasteiger partial charge in [-0.1, -0.05) is 24.3 Å². The molecule has 2 aromatic carbocycles. The van der Waals surface area contributed by atoms with Crippen LogP contribution in [0, 0.1) is 6.92 Å². The molecule has 2 aromatic rings. The third kappa shape index (κ3) is 2.36. The van der Waals surface area contributed by atoms with Crippen molar-refractivity contribution in [3.05, 3.63) is 53.6 Å². The minimum absolute atomic E-state index is 0.691. The number of hydrogen-bond donors (Lipinski definition) is 0. The van der Waals surface area contributed by atoms with E-state index in [9.17, 15) is 4.79 Å². The lowest BCUT2D eigenvalue weighted by atomic mass is 10.0. The van der Waals surface area contributed by atoms with Crippen LogP contribution < -0.4 is 4.74 Å². The van der Waals surface area contributed by atoms with Crippen molar-refractivity contribution in [1.29, 1.82) is 0 Å². The van der Waals surface area contributed by atoms with Crippen LogP contribution in [0.5, 0.6) is 5.75 Å². The summed E-state index contributed by atoms with van der Waals surface area (Å²) in [6.07, 6.45) is 0.861. The second kappa shape index (κ2) is 4.83. The van der Waals surface area contributed by atoms with Crippen molar-refractivity contribution in [2.75, 3.05) is 7.11 Å². The summed E-state index contributed by atoms with van der Waals surface area (Å²) in [5.74, 6) is 0.875. The number of aryl methyl sites for hydroxylation is 1. The molecule has 0 radical (unpaired) electrons. The van der Waals surface area contributed by atoms with E-state index in [0.717, 1.165) is 28.7 Å². The lowest BCUT2D eigenvalue weighted by Crippen LogP contribution is -1.88. The van der Waals surface area contributed by atoms with E-state index in [4.69, 9.17) is 4.74 Å². The Morgan fingerprint density at radius 3 is 2.47 bits per heavy atom. The Kier molecular flexibility index (Phi) is 3.24. The van der Waals surface area contributed by atoms with Gasteiger partial charge in [0.05, 0.1) is 7.11 Å². The molecule has 0 aliphatic heterocycles. The van der Waals surface area contributed by atoms with Crippen LogP contribution in [0.4, 0.5) is 0 Å². The van der Waals surface area contributed by atoms with E-state index < -0.39 is 0 Å². The average Bonchev–Trinajstić information content (AvgIpc) is 2.38. The third-order valence-electron chi connectivity index (χ3n) is 2.75. The van der Waals surface area contributed by atoms with Gasteiger partial charge in [0.15, 0.2) is 0 Å². The molecule has 0 aliphatic carbocycles. The number of ether oxygens (including phenoxy) is 1. The molecule has 0 saturated heterocycles. The molecule has 2 nitrogen and oxygen atoms in total. The Bertz CT molecular complexity index is 544. The van der Waals surface area contributed by atoms with Crippen LogP contribution in [0.2, 0.25) is 0 Å². The molecule has 0 saturated carbocycles. The SMILES string of the molecule is COc1ccc(-c2cccc(C=O)c2)cc1C. The van der Waals surface area contributed by atoms with E-state index in [1.54, 1.807) is 13.2 Å². The monoisotopic (exact) mass is 226 g/mol. The predicted molar refractivity (Wildman–Crippen MR) is 68.6 cm³/mol. The zero-order valence-electron chi connectivity index (χ0n) is 9.94. The molecule has 0 fully saturated rings. The molecule has 0 amide bonds. The van der Waals surface area contributed by atoms with Gasteiger partial charge in [-0.3, -0.25) is 4.79 Å². The summed E-state index contributed by atoms with van der Waals surface area (Å²) >= 11 is 0. The number of rotatable bonds is 3. The normalized spacial score (nSPS) is 10.0. The second-order valence-electron chi connectivity index (χ2n) is 3.93. The maximum Gasteiger partial charge on any atom is 0.150 e. The smallest absolute Gasteiger partial charge is 0.150 e. The first kappa shape index (κ1) is 11.4. The third-order valence-corrected chi connectivity index (χ3v) is 2.75. The summed E-state index contributed by atoms with van der Waals surface area (Å²) in [6, 6.07) is 13.6. The van der Waals surface area contributed by atoms with Crippen LogP contribution in [-0.4, -0.2) is 13.4 Å². The van der Waals surface area contributed by atoms with E-state index in [2.05, 4.69) is 6.07 Å². The van der Waals surface area contributed by atoms with Gasteiger partial charge >= 0.3 is 0 Å². The number of aldehydes is 1. The van der Waals surface area contributed by atoms with E-state index >= 15 is 0 Å². The van der Waals surface area contributed by atoms with Crippen LogP contribution in [0.1, 0.15) is 15.9 Å². The van der Waals surface area contributed by atoms with Crippen LogP contribution in [0.25, 0.3) is 11.1 Å². The molecule has 86 valence electrons. The Morgan fingerprint density at radius 2 is 1.82 bits per heavy atom. The van der Waals surface area contributed by atoms with Crippen molar-refractivity contribution < 1.29 is 9.53 Å². The van der Waals surface area contributed by atoms with E-state index in [1.165, 1.54) is 0 Å². The van der Waals surface area contributed by atoms with Gasteiger partial charge in [-0.25, -0.2) is 0 Å². The fraction of sp³-hybridized carbons (Fsp3) is 0.133. The van der Waals surface area contributed by atoms with Gasteiger partial charge in [0.25, 0.3) is 0 Å². The van der Waals surface area contributed by atoms with Gasteiger partial charge in [-0.05, 0) is 41.8 Å². The van der Waals surface area contributed by atoms with Crippen molar-refractivity contribution in [3.63, 3.8) is 0 Å². The van der Waals surface area contributed by atoms with E-state index in [0.29, 0.717) is 5.56 Å². The van der Waals surface area contributed by atoms with Crippen LogP contribution >= 0.6 is 0 Å². The molecule has 17 heavy (non-hydrogen) atoms. The molecule has 0 atom stereocenters. The number of carbonyl (C=O) groups is 1. The fourth-order valence-corrected chi connectivity index (χ4v) is 1.85. The van der Waals surface area contributed by atoms with E-state index in [1.807, 2.05) is 37.3 Å². The standard InChI is InChI=1S/C15H14O2/c1-11-8-14(6-7-15(11)17-2)13-5-3-4-12(9-13)10-16/h3-10H,1-2H3. The first-order chi connectivity index (χ1) is 8.24. The minimum atomic E-state index is 0.691. The van der Waals surface area contributed by atoms with Crippen LogP contribution in [0.3, 0.4) is 0 Å². The highest BCUT2D eigenvalue weighted by Gasteiger charge is 2.02. The molecule has 0 bridgehead atoms. The molecule has 0 aromatic heterocycles. The largest absolute Gasteiger partial charge is 0.496 e. The van der Waals surface area contributed by atoms with Crippen LogP contribution in [0.15, 0.2) is 42.5 Å². The topological polar surface area (TPSA) is 26.3 Å². The molecule has 2 heteroatoms. The fourth-order valence-electron chi connectivity index (χ4n) is 1.85. The van der Waals surface area contributed by atoms with Crippen molar-refractivity contribution in [2.24, 2.45) is 0 Å². The second-order valence-corrected chi connectivity index (χ2v) is 3.93. The zero-order chi connectivity index (χ0) is 12.3. The lowest BCUT2D eigenvalue weighted by Gasteiger charge is -2.07. The molecule has 2 rings (SSSR count). The van der Waals surface area contributed by atoms with Gasteiger partial charge < -0.3 is 4.74 Å². The van der Waals surface area contributed by atoms with Gasteiger partial charge in [0, 0.05) is 5.56 Å². The maximum atomic E-state index is 10.7. The Hall–Kier alpha value is -2.09. The molecule has 0 N–H and O–H groups in total. The Morgan fingerprint density at radius 1 is 1.06 bits per heavy atom. The van der Waals surface area contributed by atoms with Gasteiger partial charge in [-0.15, -0.1) is 0 Å². The molecule has 0 unspecified atom stereocenters. The first-order valence-electron chi connectivity index (χ1n) is 5.45. The number of benzene rings is 2. The summed E-state index contributed by atoms with van der Waals surface area (Å²) in [5.41, 5.74) is 3.91. The minimum Gasteiger partial charge on any atom is -0.496 e. The molecule has 0 aliphatic rings. The quantitative estimate of drug-likeness (QED) is 0.749. The number of methoxy groups -OCH3 is 1. The van der Waals surface area contributed by atoms with Crippen molar-refractivity contribution >= 4 is 6.29 Å². The highest BCUT2D eigenvalue weighted by molar-refractivity contribution is 5.79. The summed E-state index contributed by atoms with van der Waals surface area (Å²) in [5, 5.41) is 0. The molecule has 0 heterocycles. The van der Waals surface area contributed by atoms with Gasteiger partial charge in [0.1, 0.15) is 12.0 Å². The lowest BCUT2D eigenvalue weighted by molar-refractivity contribution is 0.112. The first-order valence-corrected chi connectivity index (χ1v) is 5.45. The zero-order valence-corrected chi connectivity index (χ0v) is 9.94. The Labute approximate surface area is 101 Å². The average molecular weight is 226 g/mol. The molecular formula is C15H14O2. The predicted octanol–water partition coefficient (Wildman–Crippen LogP) is 3.48. The summed E-state index contributed by atoms with van der Waals surface area (Å²) in [7, 11) is 1.66. The van der Waals surface area contributed by atoms with Crippen LogP contribution in [-0.2, 0) is 0 Å². The maximum absolute atomic E-state index is 10.7. The number of carbonyl (C=O) groups excluding carboxylic acids is 1. The Balaban J connectivity index is 2.45. The van der Waals surface area contributed by atoms with Gasteiger partial charge in [0.2, 0.25) is 0 Å². The van der Waals surface area contributed by atoms with Crippen molar-refractivity contribution in [1.82, 2.24) is 0 Å². The van der Waals surface area contributed by atoms with E-state index in [-0.39, 0.29) is 0 Å². The highest BCUT2D eigenvalue weighted by atomic mass is 16.5. The summed E-state index contributed by atoms with van der Waals surface area (Å²) < 4.78 is 5.22. The molecule has 0 spiro atoms. The molecular weight excluding hydrogens is 212 g/mol.